The Morgan fingerprint density at radius 3 is 2.32 bits per heavy atom. The molecule has 0 unspecified atom stereocenters. The Hall–Kier alpha value is -1.80. The van der Waals surface area contributed by atoms with Gasteiger partial charge in [0.05, 0.1) is 5.69 Å². The van der Waals surface area contributed by atoms with Gasteiger partial charge in [-0.15, -0.1) is 0 Å². The number of aryl methyl sites for hydroxylation is 2. The van der Waals surface area contributed by atoms with Crippen LogP contribution in [0.2, 0.25) is 5.02 Å². The molecule has 0 saturated carbocycles. The van der Waals surface area contributed by atoms with E-state index in [4.69, 9.17) is 17.3 Å². The van der Waals surface area contributed by atoms with Crippen molar-refractivity contribution in [3.63, 3.8) is 0 Å². The minimum Gasteiger partial charge on any atom is -0.383 e. The van der Waals surface area contributed by atoms with Crippen molar-refractivity contribution in [3.05, 3.63) is 63.7 Å². The van der Waals surface area contributed by atoms with Crippen LogP contribution in [-0.2, 0) is 0 Å². The maximum Gasteiger partial charge on any atom is 0.131 e. The number of hydrogen-bond acceptors (Lipinski definition) is 1. The van der Waals surface area contributed by atoms with Gasteiger partial charge in [-0.3, -0.25) is 0 Å². The molecule has 0 fully saturated rings. The standard InChI is InChI=1S/C16H17ClN2/c1-10-8-11(2)12(3)15(9-10)16(18)19-14-6-4-13(17)5-7-14/h4-9H,1-3H3,(H2,18,19). The summed E-state index contributed by atoms with van der Waals surface area (Å²) >= 11 is 5.85. The molecular weight excluding hydrogens is 256 g/mol. The van der Waals surface area contributed by atoms with Crippen LogP contribution in [0.5, 0.6) is 0 Å². The Balaban J connectivity index is 2.44. The second-order valence-corrected chi connectivity index (χ2v) is 5.16. The predicted molar refractivity (Wildman–Crippen MR) is 82.5 cm³/mol. The molecule has 19 heavy (non-hydrogen) atoms. The fraction of sp³-hybridized carbons (Fsp3) is 0.188. The van der Waals surface area contributed by atoms with Crippen LogP contribution in [0, 0.1) is 20.8 Å². The topological polar surface area (TPSA) is 38.4 Å². The number of nitrogens with two attached hydrogens (primary N) is 1. The van der Waals surface area contributed by atoms with Gasteiger partial charge in [0.15, 0.2) is 0 Å². The lowest BCUT2D eigenvalue weighted by Crippen LogP contribution is -2.15. The van der Waals surface area contributed by atoms with Crippen LogP contribution in [0.25, 0.3) is 0 Å². The van der Waals surface area contributed by atoms with Gasteiger partial charge in [-0.05, 0) is 62.2 Å². The second-order valence-electron chi connectivity index (χ2n) is 4.73. The molecule has 0 aliphatic rings. The summed E-state index contributed by atoms with van der Waals surface area (Å²) in [6, 6.07) is 11.5. The fourth-order valence-electron chi connectivity index (χ4n) is 2.02. The molecule has 0 heterocycles. The first kappa shape index (κ1) is 13.6. The van der Waals surface area contributed by atoms with Gasteiger partial charge in [-0.2, -0.15) is 0 Å². The third-order valence-electron chi connectivity index (χ3n) is 3.16. The normalized spacial score (nSPS) is 11.7. The Bertz CT molecular complexity index is 628. The van der Waals surface area contributed by atoms with Crippen LogP contribution in [0.1, 0.15) is 22.3 Å². The van der Waals surface area contributed by atoms with Gasteiger partial charge in [0.25, 0.3) is 0 Å². The zero-order chi connectivity index (χ0) is 14.0. The van der Waals surface area contributed by atoms with E-state index in [0.29, 0.717) is 10.9 Å². The van der Waals surface area contributed by atoms with Crippen LogP contribution in [0.15, 0.2) is 41.4 Å². The Morgan fingerprint density at radius 1 is 1.05 bits per heavy atom. The van der Waals surface area contributed by atoms with Crippen molar-refractivity contribution < 1.29 is 0 Å². The lowest BCUT2D eigenvalue weighted by Gasteiger charge is -2.10. The molecule has 2 nitrogen and oxygen atoms in total. The fourth-order valence-corrected chi connectivity index (χ4v) is 2.15. The number of halogens is 1. The summed E-state index contributed by atoms with van der Waals surface area (Å²) in [6.45, 7) is 6.21. The molecule has 0 aliphatic heterocycles. The summed E-state index contributed by atoms with van der Waals surface area (Å²) in [6.07, 6.45) is 0. The summed E-state index contributed by atoms with van der Waals surface area (Å²) in [5.74, 6) is 0.534. The van der Waals surface area contributed by atoms with E-state index in [9.17, 15) is 0 Å². The van der Waals surface area contributed by atoms with Crippen LogP contribution in [0.4, 0.5) is 5.69 Å². The molecule has 2 rings (SSSR count). The van der Waals surface area contributed by atoms with Crippen molar-refractivity contribution in [2.24, 2.45) is 10.7 Å². The number of benzene rings is 2. The number of nitrogens with zero attached hydrogens (tertiary/aromatic N) is 1. The van der Waals surface area contributed by atoms with E-state index in [1.807, 2.05) is 24.3 Å². The minimum atomic E-state index is 0.534. The van der Waals surface area contributed by atoms with E-state index < -0.39 is 0 Å². The van der Waals surface area contributed by atoms with E-state index in [0.717, 1.165) is 11.3 Å². The predicted octanol–water partition coefficient (Wildman–Crippen LogP) is 4.30. The molecule has 0 aliphatic carbocycles. The third-order valence-corrected chi connectivity index (χ3v) is 3.42. The zero-order valence-electron chi connectivity index (χ0n) is 11.4. The highest BCUT2D eigenvalue weighted by Crippen LogP contribution is 2.20. The van der Waals surface area contributed by atoms with Gasteiger partial charge < -0.3 is 5.73 Å². The average Bonchev–Trinajstić information content (AvgIpc) is 2.36. The maximum absolute atomic E-state index is 6.12. The molecule has 0 radical (unpaired) electrons. The molecule has 3 heteroatoms. The SMILES string of the molecule is Cc1cc(C)c(C)c(C(N)=Nc2ccc(Cl)cc2)c1. The molecular formula is C16H17ClN2. The minimum absolute atomic E-state index is 0.534. The maximum atomic E-state index is 6.12. The van der Waals surface area contributed by atoms with E-state index in [1.165, 1.54) is 16.7 Å². The van der Waals surface area contributed by atoms with Gasteiger partial charge in [0, 0.05) is 10.6 Å². The van der Waals surface area contributed by atoms with E-state index >= 15 is 0 Å². The van der Waals surface area contributed by atoms with Crippen molar-refractivity contribution in [1.29, 1.82) is 0 Å². The van der Waals surface area contributed by atoms with Gasteiger partial charge in [0.2, 0.25) is 0 Å². The molecule has 0 spiro atoms. The molecule has 0 amide bonds. The summed E-state index contributed by atoms with van der Waals surface area (Å²) in [5, 5.41) is 0.695. The molecule has 0 saturated heterocycles. The molecule has 98 valence electrons. The molecule has 2 N–H and O–H groups in total. The van der Waals surface area contributed by atoms with Gasteiger partial charge in [-0.25, -0.2) is 4.99 Å². The van der Waals surface area contributed by atoms with Gasteiger partial charge in [-0.1, -0.05) is 23.2 Å². The van der Waals surface area contributed by atoms with Crippen LogP contribution >= 0.6 is 11.6 Å². The monoisotopic (exact) mass is 272 g/mol. The highest BCUT2D eigenvalue weighted by molar-refractivity contribution is 6.30. The molecule has 0 aromatic heterocycles. The van der Waals surface area contributed by atoms with Crippen molar-refractivity contribution >= 4 is 23.1 Å². The Kier molecular flexibility index (Phi) is 3.91. The summed E-state index contributed by atoms with van der Waals surface area (Å²) in [4.78, 5) is 4.45. The van der Waals surface area contributed by atoms with Crippen molar-refractivity contribution in [3.8, 4) is 0 Å². The lowest BCUT2D eigenvalue weighted by molar-refractivity contribution is 1.27. The van der Waals surface area contributed by atoms with Gasteiger partial charge in [0.1, 0.15) is 5.84 Å². The molecule has 0 bridgehead atoms. The third kappa shape index (κ3) is 3.15. The first-order valence-electron chi connectivity index (χ1n) is 6.15. The second kappa shape index (κ2) is 5.45. The molecule has 2 aromatic rings. The quantitative estimate of drug-likeness (QED) is 0.642. The van der Waals surface area contributed by atoms with Crippen molar-refractivity contribution in [2.75, 3.05) is 0 Å². The molecule has 2 aromatic carbocycles. The highest BCUT2D eigenvalue weighted by Gasteiger charge is 2.06. The van der Waals surface area contributed by atoms with Crippen LogP contribution in [-0.4, -0.2) is 5.84 Å². The van der Waals surface area contributed by atoms with Crippen LogP contribution in [0.3, 0.4) is 0 Å². The number of aliphatic imine (C=N–C) groups is 1. The number of amidine groups is 1. The van der Waals surface area contributed by atoms with Gasteiger partial charge >= 0.3 is 0 Å². The van der Waals surface area contributed by atoms with E-state index in [1.54, 1.807) is 0 Å². The Labute approximate surface area is 118 Å². The van der Waals surface area contributed by atoms with Crippen LogP contribution < -0.4 is 5.73 Å². The average molecular weight is 273 g/mol. The first-order chi connectivity index (χ1) is 8.97. The Morgan fingerprint density at radius 2 is 1.68 bits per heavy atom. The largest absolute Gasteiger partial charge is 0.383 e. The first-order valence-corrected chi connectivity index (χ1v) is 6.53. The highest BCUT2D eigenvalue weighted by atomic mass is 35.5. The lowest BCUT2D eigenvalue weighted by atomic mass is 9.99. The van der Waals surface area contributed by atoms with Crippen molar-refractivity contribution in [2.45, 2.75) is 20.8 Å². The summed E-state index contributed by atoms with van der Waals surface area (Å²) < 4.78 is 0. The molecule has 0 atom stereocenters. The van der Waals surface area contributed by atoms with Crippen molar-refractivity contribution in [1.82, 2.24) is 0 Å². The van der Waals surface area contributed by atoms with E-state index in [-0.39, 0.29) is 0 Å². The number of rotatable bonds is 2. The number of hydrogen-bond donors (Lipinski definition) is 1. The summed E-state index contributed by atoms with van der Waals surface area (Å²) in [5.41, 5.74) is 11.5. The smallest absolute Gasteiger partial charge is 0.131 e. The summed E-state index contributed by atoms with van der Waals surface area (Å²) in [7, 11) is 0. The zero-order valence-corrected chi connectivity index (χ0v) is 12.1. The van der Waals surface area contributed by atoms with E-state index in [2.05, 4.69) is 37.9 Å².